The summed E-state index contributed by atoms with van der Waals surface area (Å²) >= 11 is 0. The van der Waals surface area contributed by atoms with E-state index in [9.17, 15) is 4.79 Å². The van der Waals surface area contributed by atoms with E-state index in [2.05, 4.69) is 16.6 Å². The third-order valence-electron chi connectivity index (χ3n) is 2.46. The molecule has 0 aliphatic heterocycles. The van der Waals surface area contributed by atoms with Crippen molar-refractivity contribution < 1.29 is 14.3 Å². The van der Waals surface area contributed by atoms with Crippen molar-refractivity contribution >= 4 is 5.91 Å². The summed E-state index contributed by atoms with van der Waals surface area (Å²) in [7, 11) is 1.84. The number of hydrogen-bond acceptors (Lipinski definition) is 4. The van der Waals surface area contributed by atoms with Crippen LogP contribution in [0.15, 0.2) is 18.2 Å². The molecule has 0 fully saturated rings. The maximum atomic E-state index is 11.5. The molecule has 1 amide bonds. The topological polar surface area (TPSA) is 59.6 Å². The van der Waals surface area contributed by atoms with Crippen LogP contribution in [0.2, 0.25) is 0 Å². The molecule has 2 N–H and O–H groups in total. The number of amides is 1. The molecule has 1 aromatic rings. The Labute approximate surface area is 119 Å². The van der Waals surface area contributed by atoms with Gasteiger partial charge in [-0.05, 0) is 20.0 Å². The maximum Gasteiger partial charge on any atom is 0.258 e. The van der Waals surface area contributed by atoms with Gasteiger partial charge in [0.15, 0.2) is 18.1 Å². The van der Waals surface area contributed by atoms with Gasteiger partial charge in [0.2, 0.25) is 0 Å². The Bertz CT molecular complexity index is 456. The van der Waals surface area contributed by atoms with Gasteiger partial charge < -0.3 is 20.1 Å². The average molecular weight is 276 g/mol. The Morgan fingerprint density at radius 3 is 2.85 bits per heavy atom. The molecule has 1 aromatic carbocycles. The van der Waals surface area contributed by atoms with Crippen molar-refractivity contribution in [2.75, 3.05) is 26.8 Å². The predicted octanol–water partition coefficient (Wildman–Crippen LogP) is 0.933. The van der Waals surface area contributed by atoms with E-state index >= 15 is 0 Å². The molecule has 0 aromatic heterocycles. The number of terminal acetylenes is 1. The summed E-state index contributed by atoms with van der Waals surface area (Å²) < 4.78 is 11.1. The summed E-state index contributed by atoms with van der Waals surface area (Å²) in [4.78, 5) is 11.5. The summed E-state index contributed by atoms with van der Waals surface area (Å²) in [6.07, 6.45) is 5.08. The predicted molar refractivity (Wildman–Crippen MR) is 77.7 cm³/mol. The smallest absolute Gasteiger partial charge is 0.258 e. The van der Waals surface area contributed by atoms with Gasteiger partial charge in [-0.1, -0.05) is 18.1 Å². The first-order valence-corrected chi connectivity index (χ1v) is 6.45. The Kier molecular flexibility index (Phi) is 7.01. The molecule has 5 heteroatoms. The maximum absolute atomic E-state index is 11.5. The minimum Gasteiger partial charge on any atom is -0.490 e. The fraction of sp³-hybridized carbons (Fsp3) is 0.400. The fourth-order valence-electron chi connectivity index (χ4n) is 1.66. The Morgan fingerprint density at radius 1 is 1.40 bits per heavy atom. The highest BCUT2D eigenvalue weighted by atomic mass is 16.5. The SMILES string of the molecule is C#CCNC(=O)COc1c(CNC)cccc1OCC. The third-order valence-corrected chi connectivity index (χ3v) is 2.46. The van der Waals surface area contributed by atoms with E-state index in [-0.39, 0.29) is 19.1 Å². The average Bonchev–Trinajstić information content (AvgIpc) is 2.45. The molecule has 0 aliphatic carbocycles. The van der Waals surface area contributed by atoms with Gasteiger partial charge in [0, 0.05) is 12.1 Å². The van der Waals surface area contributed by atoms with Crippen molar-refractivity contribution in [3.05, 3.63) is 23.8 Å². The van der Waals surface area contributed by atoms with E-state index < -0.39 is 0 Å². The molecule has 108 valence electrons. The van der Waals surface area contributed by atoms with Gasteiger partial charge in [-0.25, -0.2) is 0 Å². The first-order chi connectivity index (χ1) is 9.72. The van der Waals surface area contributed by atoms with Crippen molar-refractivity contribution in [2.24, 2.45) is 0 Å². The molecule has 0 radical (unpaired) electrons. The second-order valence-electron chi connectivity index (χ2n) is 3.98. The van der Waals surface area contributed by atoms with E-state index in [0.717, 1.165) is 5.56 Å². The highest BCUT2D eigenvalue weighted by Crippen LogP contribution is 2.31. The van der Waals surface area contributed by atoms with Crippen molar-refractivity contribution in [3.63, 3.8) is 0 Å². The zero-order valence-corrected chi connectivity index (χ0v) is 11.9. The summed E-state index contributed by atoms with van der Waals surface area (Å²) in [5.74, 6) is 3.29. The molecule has 0 heterocycles. The van der Waals surface area contributed by atoms with Crippen molar-refractivity contribution in [1.82, 2.24) is 10.6 Å². The lowest BCUT2D eigenvalue weighted by Crippen LogP contribution is -2.29. The molecular formula is C15H20N2O3. The van der Waals surface area contributed by atoms with Crippen molar-refractivity contribution in [2.45, 2.75) is 13.5 Å². The van der Waals surface area contributed by atoms with Gasteiger partial charge in [0.25, 0.3) is 5.91 Å². The summed E-state index contributed by atoms with van der Waals surface area (Å²) in [6, 6.07) is 5.63. The first kappa shape index (κ1) is 15.9. The van der Waals surface area contributed by atoms with Gasteiger partial charge in [0.05, 0.1) is 13.2 Å². The molecule has 0 atom stereocenters. The molecule has 0 saturated carbocycles. The first-order valence-electron chi connectivity index (χ1n) is 6.45. The number of nitrogens with one attached hydrogen (secondary N) is 2. The standard InChI is InChI=1S/C15H20N2O3/c1-4-9-17-14(18)11-20-15-12(10-16-3)7-6-8-13(15)19-5-2/h1,6-8,16H,5,9-11H2,2-3H3,(H,17,18). The van der Waals surface area contributed by atoms with Gasteiger partial charge in [-0.2, -0.15) is 0 Å². The zero-order chi connectivity index (χ0) is 14.8. The van der Waals surface area contributed by atoms with Crippen molar-refractivity contribution in [3.8, 4) is 23.8 Å². The number of carbonyl (C=O) groups excluding carboxylic acids is 1. The second-order valence-corrected chi connectivity index (χ2v) is 3.98. The Balaban J connectivity index is 2.79. The van der Waals surface area contributed by atoms with Crippen LogP contribution in [-0.2, 0) is 11.3 Å². The minimum atomic E-state index is -0.260. The molecular weight excluding hydrogens is 256 g/mol. The number of carbonyl (C=O) groups is 1. The highest BCUT2D eigenvalue weighted by Gasteiger charge is 2.12. The van der Waals surface area contributed by atoms with E-state index in [1.807, 2.05) is 32.2 Å². The van der Waals surface area contributed by atoms with Gasteiger partial charge in [0.1, 0.15) is 0 Å². The quantitative estimate of drug-likeness (QED) is 0.694. The molecule has 0 unspecified atom stereocenters. The highest BCUT2D eigenvalue weighted by molar-refractivity contribution is 5.77. The van der Waals surface area contributed by atoms with Crippen LogP contribution in [0.5, 0.6) is 11.5 Å². The van der Waals surface area contributed by atoms with Crippen LogP contribution in [0.3, 0.4) is 0 Å². The van der Waals surface area contributed by atoms with Crippen molar-refractivity contribution in [1.29, 1.82) is 0 Å². The monoisotopic (exact) mass is 276 g/mol. The van der Waals surface area contributed by atoms with Gasteiger partial charge in [-0.3, -0.25) is 4.79 Å². The van der Waals surface area contributed by atoms with Crippen LogP contribution >= 0.6 is 0 Å². The van der Waals surface area contributed by atoms with Gasteiger partial charge in [-0.15, -0.1) is 6.42 Å². The van der Waals surface area contributed by atoms with Crippen LogP contribution in [0.25, 0.3) is 0 Å². The molecule has 20 heavy (non-hydrogen) atoms. The molecule has 0 aliphatic rings. The number of hydrogen-bond donors (Lipinski definition) is 2. The Hall–Kier alpha value is -2.19. The third kappa shape index (κ3) is 4.82. The fourth-order valence-corrected chi connectivity index (χ4v) is 1.66. The molecule has 0 bridgehead atoms. The normalized spacial score (nSPS) is 9.65. The molecule has 5 nitrogen and oxygen atoms in total. The van der Waals surface area contributed by atoms with Crippen LogP contribution < -0.4 is 20.1 Å². The van der Waals surface area contributed by atoms with Gasteiger partial charge >= 0.3 is 0 Å². The summed E-state index contributed by atoms with van der Waals surface area (Å²) in [5, 5.41) is 5.60. The lowest BCUT2D eigenvalue weighted by Gasteiger charge is -2.15. The van der Waals surface area contributed by atoms with Crippen LogP contribution in [0, 0.1) is 12.3 Å². The summed E-state index contributed by atoms with van der Waals surface area (Å²) in [6.45, 7) is 3.15. The zero-order valence-electron chi connectivity index (χ0n) is 11.9. The van der Waals surface area contributed by atoms with E-state index in [4.69, 9.17) is 15.9 Å². The molecule has 0 saturated heterocycles. The van der Waals surface area contributed by atoms with E-state index in [1.165, 1.54) is 0 Å². The molecule has 1 rings (SSSR count). The number of rotatable bonds is 8. The number of para-hydroxylation sites is 1. The number of ether oxygens (including phenoxy) is 2. The lowest BCUT2D eigenvalue weighted by molar-refractivity contribution is -0.122. The number of benzene rings is 1. The van der Waals surface area contributed by atoms with Crippen LogP contribution in [0.4, 0.5) is 0 Å². The van der Waals surface area contributed by atoms with Crippen LogP contribution in [-0.4, -0.2) is 32.7 Å². The lowest BCUT2D eigenvalue weighted by atomic mass is 10.2. The molecule has 0 spiro atoms. The van der Waals surface area contributed by atoms with E-state index in [0.29, 0.717) is 24.7 Å². The Morgan fingerprint density at radius 2 is 2.20 bits per heavy atom. The largest absolute Gasteiger partial charge is 0.490 e. The summed E-state index contributed by atoms with van der Waals surface area (Å²) in [5.41, 5.74) is 0.934. The van der Waals surface area contributed by atoms with Crippen LogP contribution in [0.1, 0.15) is 12.5 Å². The van der Waals surface area contributed by atoms with E-state index in [1.54, 1.807) is 0 Å². The second kappa shape index (κ2) is 8.83. The minimum absolute atomic E-state index is 0.0948.